The van der Waals surface area contributed by atoms with Crippen molar-refractivity contribution in [2.75, 3.05) is 27.7 Å². The standard InChI is InChI=1S/C11H16BrNO2/c1-14-8-13(9-15-2)7-10-3-5-11(12)6-4-10/h3-6H,7-9H2,1-2H3. The molecule has 0 bridgehead atoms. The summed E-state index contributed by atoms with van der Waals surface area (Å²) in [5.74, 6) is 0. The van der Waals surface area contributed by atoms with Crippen molar-refractivity contribution in [3.05, 3.63) is 34.3 Å². The van der Waals surface area contributed by atoms with Crippen LogP contribution in [0, 0.1) is 0 Å². The maximum atomic E-state index is 5.09. The Labute approximate surface area is 99.1 Å². The van der Waals surface area contributed by atoms with E-state index in [-0.39, 0.29) is 0 Å². The van der Waals surface area contributed by atoms with Crippen molar-refractivity contribution < 1.29 is 9.47 Å². The average molecular weight is 274 g/mol. The second-order valence-electron chi connectivity index (χ2n) is 3.29. The van der Waals surface area contributed by atoms with E-state index in [1.165, 1.54) is 5.56 Å². The lowest BCUT2D eigenvalue weighted by Gasteiger charge is -2.20. The quantitative estimate of drug-likeness (QED) is 0.744. The number of methoxy groups -OCH3 is 2. The first-order valence-corrected chi connectivity index (χ1v) is 5.50. The lowest BCUT2D eigenvalue weighted by Crippen LogP contribution is -2.27. The first-order chi connectivity index (χ1) is 7.26. The molecule has 0 radical (unpaired) electrons. The van der Waals surface area contributed by atoms with Gasteiger partial charge in [0.15, 0.2) is 0 Å². The highest BCUT2D eigenvalue weighted by atomic mass is 79.9. The van der Waals surface area contributed by atoms with Gasteiger partial charge in [0.25, 0.3) is 0 Å². The largest absolute Gasteiger partial charge is 0.369 e. The van der Waals surface area contributed by atoms with Gasteiger partial charge in [-0.3, -0.25) is 4.90 Å². The topological polar surface area (TPSA) is 21.7 Å². The molecule has 3 nitrogen and oxygen atoms in total. The number of benzene rings is 1. The van der Waals surface area contributed by atoms with Gasteiger partial charge in [-0.15, -0.1) is 0 Å². The van der Waals surface area contributed by atoms with Crippen molar-refractivity contribution in [2.24, 2.45) is 0 Å². The molecular formula is C11H16BrNO2. The maximum Gasteiger partial charge on any atom is 0.101 e. The van der Waals surface area contributed by atoms with Crippen molar-refractivity contribution in [3.63, 3.8) is 0 Å². The molecule has 84 valence electrons. The molecule has 0 aromatic heterocycles. The fourth-order valence-electron chi connectivity index (χ4n) is 1.34. The Kier molecular flexibility index (Phi) is 5.86. The second-order valence-corrected chi connectivity index (χ2v) is 4.21. The van der Waals surface area contributed by atoms with Crippen molar-refractivity contribution in [1.82, 2.24) is 4.90 Å². The van der Waals surface area contributed by atoms with Gasteiger partial charge in [0.05, 0.1) is 0 Å². The van der Waals surface area contributed by atoms with Crippen LogP contribution >= 0.6 is 15.9 Å². The van der Waals surface area contributed by atoms with E-state index in [9.17, 15) is 0 Å². The summed E-state index contributed by atoms with van der Waals surface area (Å²) in [6.07, 6.45) is 0. The maximum absolute atomic E-state index is 5.09. The molecule has 1 aromatic rings. The highest BCUT2D eigenvalue weighted by molar-refractivity contribution is 9.10. The summed E-state index contributed by atoms with van der Waals surface area (Å²) in [4.78, 5) is 2.07. The summed E-state index contributed by atoms with van der Waals surface area (Å²) in [7, 11) is 3.37. The van der Waals surface area contributed by atoms with Gasteiger partial charge in [0.1, 0.15) is 13.5 Å². The predicted molar refractivity (Wildman–Crippen MR) is 63.4 cm³/mol. The molecule has 0 aliphatic carbocycles. The summed E-state index contributed by atoms with van der Waals surface area (Å²) < 4.78 is 11.3. The number of hydrogen-bond acceptors (Lipinski definition) is 3. The first-order valence-electron chi connectivity index (χ1n) is 4.71. The Hall–Kier alpha value is -0.420. The zero-order valence-corrected chi connectivity index (χ0v) is 10.7. The summed E-state index contributed by atoms with van der Waals surface area (Å²) in [5, 5.41) is 0. The van der Waals surface area contributed by atoms with E-state index in [4.69, 9.17) is 9.47 Å². The molecule has 0 atom stereocenters. The molecule has 0 saturated carbocycles. The third-order valence-corrected chi connectivity index (χ3v) is 2.47. The monoisotopic (exact) mass is 273 g/mol. The smallest absolute Gasteiger partial charge is 0.101 e. The normalized spacial score (nSPS) is 10.9. The van der Waals surface area contributed by atoms with Crippen molar-refractivity contribution in [2.45, 2.75) is 6.54 Å². The fraction of sp³-hybridized carbons (Fsp3) is 0.455. The van der Waals surface area contributed by atoms with Crippen LogP contribution in [0.1, 0.15) is 5.56 Å². The van der Waals surface area contributed by atoms with Crippen LogP contribution in [0.3, 0.4) is 0 Å². The average Bonchev–Trinajstić information content (AvgIpc) is 2.22. The molecule has 0 saturated heterocycles. The zero-order chi connectivity index (χ0) is 11.1. The van der Waals surface area contributed by atoms with Crippen LogP contribution < -0.4 is 0 Å². The fourth-order valence-corrected chi connectivity index (χ4v) is 1.61. The van der Waals surface area contributed by atoms with E-state index in [2.05, 4.69) is 33.0 Å². The summed E-state index contributed by atoms with van der Waals surface area (Å²) in [6.45, 7) is 1.97. The van der Waals surface area contributed by atoms with Gasteiger partial charge in [-0.1, -0.05) is 28.1 Å². The Bertz CT molecular complexity index is 270. The minimum atomic E-state index is 0.573. The van der Waals surface area contributed by atoms with Crippen LogP contribution in [0.2, 0.25) is 0 Å². The highest BCUT2D eigenvalue weighted by Gasteiger charge is 2.04. The van der Waals surface area contributed by atoms with Crippen LogP contribution in [0.5, 0.6) is 0 Å². The highest BCUT2D eigenvalue weighted by Crippen LogP contribution is 2.12. The lowest BCUT2D eigenvalue weighted by atomic mass is 10.2. The Balaban J connectivity index is 2.53. The predicted octanol–water partition coefficient (Wildman–Crippen LogP) is 2.46. The summed E-state index contributed by atoms with van der Waals surface area (Å²) >= 11 is 3.41. The number of hydrogen-bond donors (Lipinski definition) is 0. The summed E-state index contributed by atoms with van der Waals surface area (Å²) in [5.41, 5.74) is 1.24. The third-order valence-electron chi connectivity index (χ3n) is 1.94. The Morgan fingerprint density at radius 3 is 2.07 bits per heavy atom. The van der Waals surface area contributed by atoms with Crippen molar-refractivity contribution in [1.29, 1.82) is 0 Å². The van der Waals surface area contributed by atoms with Gasteiger partial charge < -0.3 is 9.47 Å². The van der Waals surface area contributed by atoms with E-state index in [0.29, 0.717) is 13.5 Å². The van der Waals surface area contributed by atoms with Crippen LogP contribution in [0.15, 0.2) is 28.7 Å². The molecule has 0 aliphatic heterocycles. The van der Waals surface area contributed by atoms with Gasteiger partial charge in [0.2, 0.25) is 0 Å². The van der Waals surface area contributed by atoms with Gasteiger partial charge in [-0.05, 0) is 17.7 Å². The van der Waals surface area contributed by atoms with Crippen LogP contribution in [0.25, 0.3) is 0 Å². The van der Waals surface area contributed by atoms with E-state index in [1.807, 2.05) is 12.1 Å². The molecule has 0 amide bonds. The molecule has 0 unspecified atom stereocenters. The molecule has 0 N–H and O–H groups in total. The van der Waals surface area contributed by atoms with E-state index in [0.717, 1.165) is 11.0 Å². The van der Waals surface area contributed by atoms with Gasteiger partial charge in [-0.2, -0.15) is 0 Å². The molecule has 0 heterocycles. The molecule has 0 spiro atoms. The minimum Gasteiger partial charge on any atom is -0.369 e. The molecule has 0 fully saturated rings. The van der Waals surface area contributed by atoms with Gasteiger partial charge in [0, 0.05) is 25.2 Å². The number of rotatable bonds is 6. The molecular weight excluding hydrogens is 258 g/mol. The van der Waals surface area contributed by atoms with Crippen molar-refractivity contribution in [3.8, 4) is 0 Å². The summed E-state index contributed by atoms with van der Waals surface area (Å²) in [6, 6.07) is 8.24. The van der Waals surface area contributed by atoms with Crippen molar-refractivity contribution >= 4 is 15.9 Å². The molecule has 1 rings (SSSR count). The third kappa shape index (κ3) is 4.75. The SMILES string of the molecule is COCN(COC)Cc1ccc(Br)cc1. The van der Waals surface area contributed by atoms with Crippen LogP contribution in [0.4, 0.5) is 0 Å². The number of halogens is 1. The Morgan fingerprint density at radius 1 is 1.07 bits per heavy atom. The van der Waals surface area contributed by atoms with Gasteiger partial charge >= 0.3 is 0 Å². The lowest BCUT2D eigenvalue weighted by molar-refractivity contribution is -0.0185. The number of nitrogens with zero attached hydrogens (tertiary/aromatic N) is 1. The number of ether oxygens (including phenoxy) is 2. The molecule has 15 heavy (non-hydrogen) atoms. The van der Waals surface area contributed by atoms with Crippen LogP contribution in [-0.4, -0.2) is 32.6 Å². The van der Waals surface area contributed by atoms with E-state index >= 15 is 0 Å². The Morgan fingerprint density at radius 2 is 1.60 bits per heavy atom. The molecule has 1 aromatic carbocycles. The van der Waals surface area contributed by atoms with E-state index in [1.54, 1.807) is 14.2 Å². The molecule has 0 aliphatic rings. The minimum absolute atomic E-state index is 0.573. The van der Waals surface area contributed by atoms with E-state index < -0.39 is 0 Å². The van der Waals surface area contributed by atoms with Gasteiger partial charge in [-0.25, -0.2) is 0 Å². The second kappa shape index (κ2) is 6.95. The first kappa shape index (κ1) is 12.6. The zero-order valence-electron chi connectivity index (χ0n) is 9.07. The molecule has 4 heteroatoms. The van der Waals surface area contributed by atoms with Crippen LogP contribution in [-0.2, 0) is 16.0 Å².